The van der Waals surface area contributed by atoms with Crippen molar-refractivity contribution in [1.82, 2.24) is 16.2 Å². The molecular formula is C15H21N3O2S. The first-order valence-electron chi connectivity index (χ1n) is 6.55. The van der Waals surface area contributed by atoms with E-state index in [-0.39, 0.29) is 12.5 Å². The summed E-state index contributed by atoms with van der Waals surface area (Å²) in [4.78, 5) is 11.6. The molecule has 1 aromatic carbocycles. The van der Waals surface area contributed by atoms with Crippen LogP contribution in [0.3, 0.4) is 0 Å². The first kappa shape index (κ1) is 17.0. The van der Waals surface area contributed by atoms with Gasteiger partial charge in [-0.2, -0.15) is 0 Å². The van der Waals surface area contributed by atoms with Crippen molar-refractivity contribution in [3.05, 3.63) is 41.5 Å². The van der Waals surface area contributed by atoms with E-state index in [0.717, 1.165) is 16.7 Å². The topological polar surface area (TPSA) is 62.4 Å². The molecule has 0 spiro atoms. The van der Waals surface area contributed by atoms with E-state index in [1.807, 2.05) is 39.0 Å². The quantitative estimate of drug-likeness (QED) is 0.439. The summed E-state index contributed by atoms with van der Waals surface area (Å²) in [6.45, 7) is 10.1. The number of ether oxygens (including phenoxy) is 1. The number of hydrogen-bond acceptors (Lipinski definition) is 3. The zero-order valence-electron chi connectivity index (χ0n) is 12.6. The van der Waals surface area contributed by atoms with Crippen LogP contribution in [0.15, 0.2) is 30.4 Å². The van der Waals surface area contributed by atoms with Crippen molar-refractivity contribution in [2.75, 3.05) is 13.2 Å². The lowest BCUT2D eigenvalue weighted by molar-refractivity contribution is -0.123. The fourth-order valence-electron chi connectivity index (χ4n) is 1.60. The highest BCUT2D eigenvalue weighted by molar-refractivity contribution is 7.80. The number of rotatable bonds is 5. The van der Waals surface area contributed by atoms with E-state index in [9.17, 15) is 4.79 Å². The fourth-order valence-corrected chi connectivity index (χ4v) is 1.73. The number of carbonyl (C=O) groups is 1. The van der Waals surface area contributed by atoms with E-state index >= 15 is 0 Å². The Morgan fingerprint density at radius 1 is 1.24 bits per heavy atom. The number of carbonyl (C=O) groups excluding carboxylic acids is 1. The lowest BCUT2D eigenvalue weighted by atomic mass is 10.1. The molecule has 1 amide bonds. The van der Waals surface area contributed by atoms with E-state index in [0.29, 0.717) is 17.4 Å². The Bertz CT molecular complexity index is 523. The Hall–Kier alpha value is -2.08. The van der Waals surface area contributed by atoms with Crippen LogP contribution < -0.4 is 20.9 Å². The average molecular weight is 307 g/mol. The Balaban J connectivity index is 2.31. The Morgan fingerprint density at radius 3 is 2.43 bits per heavy atom. The van der Waals surface area contributed by atoms with Crippen LogP contribution in [0.4, 0.5) is 0 Å². The van der Waals surface area contributed by atoms with Crippen molar-refractivity contribution in [3.8, 4) is 5.75 Å². The molecule has 6 heteroatoms. The highest BCUT2D eigenvalue weighted by Gasteiger charge is 2.04. The van der Waals surface area contributed by atoms with Crippen LogP contribution in [-0.2, 0) is 4.79 Å². The van der Waals surface area contributed by atoms with Crippen molar-refractivity contribution in [3.63, 3.8) is 0 Å². The molecule has 0 aliphatic heterocycles. The summed E-state index contributed by atoms with van der Waals surface area (Å²) in [7, 11) is 0. The van der Waals surface area contributed by atoms with Crippen LogP contribution >= 0.6 is 12.2 Å². The molecule has 0 saturated heterocycles. The molecule has 0 aliphatic rings. The van der Waals surface area contributed by atoms with E-state index in [2.05, 4.69) is 22.7 Å². The smallest absolute Gasteiger partial charge is 0.276 e. The minimum absolute atomic E-state index is 0.0843. The number of nitrogens with one attached hydrogen (secondary N) is 3. The summed E-state index contributed by atoms with van der Waals surface area (Å²) < 4.78 is 5.43. The SMILES string of the molecule is C=C(C)CNC(=S)NNC(=O)COc1cc(C)cc(C)c1. The van der Waals surface area contributed by atoms with Gasteiger partial charge in [0.05, 0.1) is 0 Å². The van der Waals surface area contributed by atoms with Crippen molar-refractivity contribution >= 4 is 23.2 Å². The maximum Gasteiger partial charge on any atom is 0.276 e. The third-order valence-corrected chi connectivity index (χ3v) is 2.68. The first-order chi connectivity index (χ1) is 9.86. The maximum atomic E-state index is 11.6. The van der Waals surface area contributed by atoms with Gasteiger partial charge in [0.15, 0.2) is 11.7 Å². The van der Waals surface area contributed by atoms with Gasteiger partial charge in [0.1, 0.15) is 5.75 Å². The molecule has 0 saturated carbocycles. The maximum absolute atomic E-state index is 11.6. The standard InChI is InChI=1S/C15H21N3O2S/c1-10(2)8-16-15(21)18-17-14(19)9-20-13-6-11(3)5-12(4)7-13/h5-7H,1,8-9H2,2-4H3,(H,17,19)(H2,16,18,21). The molecule has 21 heavy (non-hydrogen) atoms. The largest absolute Gasteiger partial charge is 0.484 e. The van der Waals surface area contributed by atoms with Gasteiger partial charge in [0.2, 0.25) is 0 Å². The second kappa shape index (κ2) is 8.26. The average Bonchev–Trinajstić information content (AvgIpc) is 2.39. The zero-order chi connectivity index (χ0) is 15.8. The second-order valence-electron chi connectivity index (χ2n) is 4.93. The lowest BCUT2D eigenvalue weighted by Crippen LogP contribution is -2.48. The molecule has 5 nitrogen and oxygen atoms in total. The van der Waals surface area contributed by atoms with Gasteiger partial charge < -0.3 is 10.1 Å². The van der Waals surface area contributed by atoms with Gasteiger partial charge in [-0.25, -0.2) is 0 Å². The van der Waals surface area contributed by atoms with Crippen LogP contribution in [-0.4, -0.2) is 24.2 Å². The Labute approximate surface area is 130 Å². The molecule has 0 bridgehead atoms. The second-order valence-corrected chi connectivity index (χ2v) is 5.33. The fraction of sp³-hybridized carbons (Fsp3) is 0.333. The third-order valence-electron chi connectivity index (χ3n) is 2.43. The molecule has 3 N–H and O–H groups in total. The number of hydrogen-bond donors (Lipinski definition) is 3. The summed E-state index contributed by atoms with van der Waals surface area (Å²) in [5.41, 5.74) is 8.19. The van der Waals surface area contributed by atoms with Gasteiger partial charge in [0, 0.05) is 6.54 Å². The van der Waals surface area contributed by atoms with E-state index in [4.69, 9.17) is 17.0 Å². The molecule has 0 unspecified atom stereocenters. The Kier molecular flexibility index (Phi) is 6.68. The van der Waals surface area contributed by atoms with Crippen LogP contribution in [0.2, 0.25) is 0 Å². The molecule has 0 fully saturated rings. The van der Waals surface area contributed by atoms with Crippen molar-refractivity contribution < 1.29 is 9.53 Å². The highest BCUT2D eigenvalue weighted by atomic mass is 32.1. The van der Waals surface area contributed by atoms with Gasteiger partial charge in [-0.15, -0.1) is 0 Å². The van der Waals surface area contributed by atoms with E-state index < -0.39 is 0 Å². The molecule has 114 valence electrons. The number of benzene rings is 1. The highest BCUT2D eigenvalue weighted by Crippen LogP contribution is 2.15. The zero-order valence-corrected chi connectivity index (χ0v) is 13.4. The molecule has 1 aromatic rings. The van der Waals surface area contributed by atoms with Gasteiger partial charge in [-0.05, 0) is 56.2 Å². The third kappa shape index (κ3) is 7.31. The molecule has 0 aromatic heterocycles. The van der Waals surface area contributed by atoms with Crippen LogP contribution in [0, 0.1) is 13.8 Å². The number of hydrazine groups is 1. The van der Waals surface area contributed by atoms with Crippen LogP contribution in [0.25, 0.3) is 0 Å². The summed E-state index contributed by atoms with van der Waals surface area (Å²) >= 11 is 4.98. The summed E-state index contributed by atoms with van der Waals surface area (Å²) in [6.07, 6.45) is 0. The summed E-state index contributed by atoms with van der Waals surface area (Å²) in [5, 5.41) is 3.22. The summed E-state index contributed by atoms with van der Waals surface area (Å²) in [5.74, 6) is 0.360. The number of aryl methyl sites for hydroxylation is 2. The van der Waals surface area contributed by atoms with Crippen LogP contribution in [0.1, 0.15) is 18.1 Å². The number of thiocarbonyl (C=S) groups is 1. The van der Waals surface area contributed by atoms with E-state index in [1.54, 1.807) is 0 Å². The van der Waals surface area contributed by atoms with Gasteiger partial charge in [-0.3, -0.25) is 15.6 Å². The monoisotopic (exact) mass is 307 g/mol. The van der Waals surface area contributed by atoms with Crippen molar-refractivity contribution in [1.29, 1.82) is 0 Å². The Morgan fingerprint density at radius 2 is 1.86 bits per heavy atom. The summed E-state index contributed by atoms with van der Waals surface area (Å²) in [6, 6.07) is 5.81. The van der Waals surface area contributed by atoms with Crippen LogP contribution in [0.5, 0.6) is 5.75 Å². The molecule has 0 aliphatic carbocycles. The van der Waals surface area contributed by atoms with E-state index in [1.165, 1.54) is 0 Å². The molecule has 0 atom stereocenters. The van der Waals surface area contributed by atoms with Gasteiger partial charge >= 0.3 is 0 Å². The van der Waals surface area contributed by atoms with Crippen molar-refractivity contribution in [2.24, 2.45) is 0 Å². The lowest BCUT2D eigenvalue weighted by Gasteiger charge is -2.12. The molecular weight excluding hydrogens is 286 g/mol. The van der Waals surface area contributed by atoms with Gasteiger partial charge in [0.25, 0.3) is 5.91 Å². The molecule has 0 radical (unpaired) electrons. The van der Waals surface area contributed by atoms with Gasteiger partial charge in [-0.1, -0.05) is 18.2 Å². The minimum atomic E-state index is -0.311. The minimum Gasteiger partial charge on any atom is -0.484 e. The molecule has 0 heterocycles. The normalized spacial score (nSPS) is 9.67. The van der Waals surface area contributed by atoms with Crippen molar-refractivity contribution in [2.45, 2.75) is 20.8 Å². The predicted molar refractivity (Wildman–Crippen MR) is 88.1 cm³/mol. The number of amides is 1. The molecule has 1 rings (SSSR count). The predicted octanol–water partition coefficient (Wildman–Crippen LogP) is 1.75. The first-order valence-corrected chi connectivity index (χ1v) is 6.96.